The fraction of sp³-hybridized carbons (Fsp3) is 0.550. The number of nitrogens with zero attached hydrogens (tertiary/aromatic N) is 3. The van der Waals surface area contributed by atoms with E-state index in [0.29, 0.717) is 0 Å². The lowest BCUT2D eigenvalue weighted by Gasteiger charge is -2.28. The number of hydrogen-bond donors (Lipinski definition) is 2. The highest BCUT2D eigenvalue weighted by atomic mass is 35.5. The predicted molar refractivity (Wildman–Crippen MR) is 102 cm³/mol. The summed E-state index contributed by atoms with van der Waals surface area (Å²) in [4.78, 5) is 8.34. The van der Waals surface area contributed by atoms with Crippen LogP contribution in [0.3, 0.4) is 0 Å². The van der Waals surface area contributed by atoms with Crippen molar-refractivity contribution in [3.05, 3.63) is 36.2 Å². The van der Waals surface area contributed by atoms with Gasteiger partial charge in [-0.25, -0.2) is 4.98 Å². The highest BCUT2D eigenvalue weighted by Crippen LogP contribution is 2.27. The Morgan fingerprint density at radius 3 is 2.37 bits per heavy atom. The molecule has 0 amide bonds. The van der Waals surface area contributed by atoms with Gasteiger partial charge in [0.05, 0.1) is 31.2 Å². The molecule has 150 valence electrons. The van der Waals surface area contributed by atoms with Crippen molar-refractivity contribution in [1.29, 1.82) is 0 Å². The number of piperazine rings is 1. The van der Waals surface area contributed by atoms with Crippen molar-refractivity contribution < 1.29 is 34.6 Å². The summed E-state index contributed by atoms with van der Waals surface area (Å²) in [6.45, 7) is 14.3. The van der Waals surface area contributed by atoms with Crippen molar-refractivity contribution in [2.45, 2.75) is 32.7 Å². The van der Waals surface area contributed by atoms with Crippen molar-refractivity contribution in [1.82, 2.24) is 14.0 Å². The molecule has 0 aliphatic carbocycles. The fourth-order valence-electron chi connectivity index (χ4n) is 4.02. The monoisotopic (exact) mass is 411 g/mol. The minimum atomic E-state index is 0. The van der Waals surface area contributed by atoms with E-state index in [-0.39, 0.29) is 30.2 Å². The van der Waals surface area contributed by atoms with Gasteiger partial charge in [-0.2, -0.15) is 0 Å². The number of hydrogen-bond acceptors (Lipinski definition) is 1. The maximum atomic E-state index is 4.94. The average Bonchev–Trinajstić information content (AvgIpc) is 3.10. The van der Waals surface area contributed by atoms with Crippen molar-refractivity contribution >= 4 is 16.8 Å². The van der Waals surface area contributed by atoms with Crippen LogP contribution >= 0.6 is 0 Å². The molecule has 27 heavy (non-hydrogen) atoms. The molecule has 5 nitrogen and oxygen atoms in total. The van der Waals surface area contributed by atoms with E-state index < -0.39 is 0 Å². The summed E-state index contributed by atoms with van der Waals surface area (Å²) >= 11 is 0. The van der Waals surface area contributed by atoms with Crippen LogP contribution in [0.1, 0.15) is 26.5 Å². The fourth-order valence-corrected chi connectivity index (χ4v) is 4.02. The standard InChI is InChI=1S/C20H29N5.2ClH/c1-20(2,3)18-15-25-17-8-6-5-7-16(17)21-19(25)24(18)14-13-23-11-9-22(4)10-12-23;;/h5-8,15H,9-14H2,1-4H3;2*1H. The smallest absolute Gasteiger partial charge is 0.215 e. The Labute approximate surface area is 174 Å². The predicted octanol–water partition coefficient (Wildman–Crippen LogP) is -5.99. The molecule has 0 spiro atoms. The molecule has 2 N–H and O–H groups in total. The molecule has 2 aromatic heterocycles. The van der Waals surface area contributed by atoms with Gasteiger partial charge in [0.2, 0.25) is 5.78 Å². The number of halogens is 2. The molecule has 0 radical (unpaired) electrons. The van der Waals surface area contributed by atoms with Crippen LogP contribution in [0.5, 0.6) is 0 Å². The highest BCUT2D eigenvalue weighted by molar-refractivity contribution is 5.79. The van der Waals surface area contributed by atoms with Gasteiger partial charge in [0.15, 0.2) is 0 Å². The molecule has 0 atom stereocenters. The van der Waals surface area contributed by atoms with Gasteiger partial charge in [-0.05, 0) is 12.1 Å². The molecular weight excluding hydrogens is 381 g/mol. The lowest BCUT2D eigenvalue weighted by molar-refractivity contribution is -1.00. The maximum absolute atomic E-state index is 4.94. The van der Waals surface area contributed by atoms with Gasteiger partial charge < -0.3 is 39.2 Å². The zero-order valence-electron chi connectivity index (χ0n) is 16.7. The number of imidazole rings is 2. The zero-order chi connectivity index (χ0) is 17.6. The SMILES string of the molecule is C[NH+]1CC[NH+](CCn2c(C(C)(C)C)cn3c4ccccc4nc23)CC1.[Cl-].[Cl-]. The van der Waals surface area contributed by atoms with E-state index in [1.165, 1.54) is 43.9 Å². The highest BCUT2D eigenvalue weighted by Gasteiger charge is 2.25. The number of benzene rings is 1. The molecule has 3 heterocycles. The molecule has 7 heteroatoms. The third kappa shape index (κ3) is 4.27. The first-order chi connectivity index (χ1) is 11.9. The molecule has 1 aliphatic heterocycles. The van der Waals surface area contributed by atoms with E-state index >= 15 is 0 Å². The van der Waals surface area contributed by atoms with Crippen LogP contribution < -0.4 is 34.6 Å². The number of likely N-dealkylation sites (N-methyl/N-ethyl adjacent to an activating group) is 1. The molecule has 0 unspecified atom stereocenters. The topological polar surface area (TPSA) is 31.1 Å². The summed E-state index contributed by atoms with van der Waals surface area (Å²) in [7, 11) is 2.31. The van der Waals surface area contributed by atoms with Crippen LogP contribution in [0, 0.1) is 0 Å². The summed E-state index contributed by atoms with van der Waals surface area (Å²) in [5, 5.41) is 0. The summed E-state index contributed by atoms with van der Waals surface area (Å²) in [5.41, 5.74) is 3.78. The van der Waals surface area contributed by atoms with Gasteiger partial charge in [-0.3, -0.25) is 4.40 Å². The van der Waals surface area contributed by atoms with Gasteiger partial charge in [-0.15, -0.1) is 0 Å². The van der Waals surface area contributed by atoms with E-state index in [4.69, 9.17) is 4.98 Å². The molecule has 0 bridgehead atoms. The Kier molecular flexibility index (Phi) is 6.85. The Balaban J connectivity index is 0.00000131. The van der Waals surface area contributed by atoms with Gasteiger partial charge in [0.25, 0.3) is 0 Å². The Morgan fingerprint density at radius 2 is 1.70 bits per heavy atom. The number of nitrogens with one attached hydrogen (secondary N) is 2. The van der Waals surface area contributed by atoms with Crippen LogP contribution in [0.25, 0.3) is 16.8 Å². The molecule has 1 aliphatic rings. The minimum Gasteiger partial charge on any atom is -1.00 e. The van der Waals surface area contributed by atoms with E-state index in [1.807, 2.05) is 0 Å². The van der Waals surface area contributed by atoms with E-state index in [2.05, 4.69) is 67.2 Å². The summed E-state index contributed by atoms with van der Waals surface area (Å²) in [6, 6.07) is 8.44. The summed E-state index contributed by atoms with van der Waals surface area (Å²) in [6.07, 6.45) is 2.30. The number of fused-ring (bicyclic) bond motifs is 3. The largest absolute Gasteiger partial charge is 1.00 e. The van der Waals surface area contributed by atoms with E-state index in [1.54, 1.807) is 9.80 Å². The van der Waals surface area contributed by atoms with Crippen LogP contribution in [0.2, 0.25) is 0 Å². The summed E-state index contributed by atoms with van der Waals surface area (Å²) in [5.74, 6) is 1.09. The number of para-hydroxylation sites is 2. The van der Waals surface area contributed by atoms with Gasteiger partial charge >= 0.3 is 0 Å². The Morgan fingerprint density at radius 1 is 1.04 bits per heavy atom. The van der Waals surface area contributed by atoms with Crippen molar-refractivity contribution in [3.8, 4) is 0 Å². The number of rotatable bonds is 3. The number of quaternary nitrogens is 2. The number of aromatic nitrogens is 3. The molecule has 1 aromatic carbocycles. The van der Waals surface area contributed by atoms with E-state index in [9.17, 15) is 0 Å². The second-order valence-electron chi connectivity index (χ2n) is 8.64. The summed E-state index contributed by atoms with van der Waals surface area (Å²) < 4.78 is 4.73. The normalized spacial score (nSPS) is 20.4. The van der Waals surface area contributed by atoms with Crippen molar-refractivity contribution in [2.75, 3.05) is 39.8 Å². The molecule has 0 saturated carbocycles. The molecular formula is C20H31Cl2N5. The van der Waals surface area contributed by atoms with Crippen LogP contribution in [-0.4, -0.2) is 53.7 Å². The van der Waals surface area contributed by atoms with Gasteiger partial charge in [0, 0.05) is 17.3 Å². The molecule has 3 aromatic rings. The van der Waals surface area contributed by atoms with Crippen LogP contribution in [0.15, 0.2) is 30.5 Å². The quantitative estimate of drug-likeness (QED) is 0.441. The first-order valence-corrected chi connectivity index (χ1v) is 9.55. The van der Waals surface area contributed by atoms with Crippen molar-refractivity contribution in [2.24, 2.45) is 0 Å². The Hall–Kier alpha value is -1.27. The second kappa shape index (κ2) is 8.39. The lowest BCUT2D eigenvalue weighted by atomic mass is 9.92. The van der Waals surface area contributed by atoms with Crippen molar-refractivity contribution in [3.63, 3.8) is 0 Å². The Bertz CT molecular complexity index is 885. The van der Waals surface area contributed by atoms with Gasteiger partial charge in [0.1, 0.15) is 26.2 Å². The second-order valence-corrected chi connectivity index (χ2v) is 8.64. The van der Waals surface area contributed by atoms with Gasteiger partial charge in [-0.1, -0.05) is 32.9 Å². The lowest BCUT2D eigenvalue weighted by Crippen LogP contribution is -3.27. The first kappa shape index (κ1) is 22.0. The molecule has 1 fully saturated rings. The third-order valence-corrected chi connectivity index (χ3v) is 5.63. The molecule has 1 saturated heterocycles. The maximum Gasteiger partial charge on any atom is 0.215 e. The zero-order valence-corrected chi connectivity index (χ0v) is 18.2. The first-order valence-electron chi connectivity index (χ1n) is 9.55. The third-order valence-electron chi connectivity index (χ3n) is 5.63. The van der Waals surface area contributed by atoms with E-state index in [0.717, 1.165) is 17.8 Å². The average molecular weight is 412 g/mol. The van der Waals surface area contributed by atoms with Crippen LogP contribution in [-0.2, 0) is 12.0 Å². The van der Waals surface area contributed by atoms with Crippen LogP contribution in [0.4, 0.5) is 0 Å². The molecule has 4 rings (SSSR count). The minimum absolute atomic E-state index is 0.